The number of aromatic nitrogens is 2. The molecule has 2 heterocycles. The van der Waals surface area contributed by atoms with Crippen molar-refractivity contribution in [3.8, 4) is 0 Å². The number of benzene rings is 1. The van der Waals surface area contributed by atoms with Crippen molar-refractivity contribution in [2.75, 3.05) is 6.54 Å². The monoisotopic (exact) mass is 312 g/mol. The van der Waals surface area contributed by atoms with Gasteiger partial charge in [0.2, 0.25) is 5.91 Å². The van der Waals surface area contributed by atoms with Crippen LogP contribution in [0.3, 0.4) is 0 Å². The van der Waals surface area contributed by atoms with Crippen LogP contribution in [0, 0.1) is 13.8 Å². The molecule has 0 bridgehead atoms. The van der Waals surface area contributed by atoms with Gasteiger partial charge in [-0.3, -0.25) is 14.4 Å². The van der Waals surface area contributed by atoms with Crippen molar-refractivity contribution < 1.29 is 4.79 Å². The highest BCUT2D eigenvalue weighted by Crippen LogP contribution is 2.40. The van der Waals surface area contributed by atoms with E-state index in [2.05, 4.69) is 16.9 Å². The minimum absolute atomic E-state index is 0.196. The van der Waals surface area contributed by atoms with E-state index in [1.807, 2.05) is 49.0 Å². The standard InChI is InChI=1S/C18H24N4O/c1-12-16(13(2)21(3)20-12)15-10-7-11-22(15)17(18(19)23)14-8-5-4-6-9-14/h4-6,8-9,15,17H,7,10-11H2,1-3H3,(H2,19,23)/t15-,17+/m0/s1. The summed E-state index contributed by atoms with van der Waals surface area (Å²) >= 11 is 0. The Labute approximate surface area is 137 Å². The molecule has 1 fully saturated rings. The summed E-state index contributed by atoms with van der Waals surface area (Å²) < 4.78 is 1.92. The van der Waals surface area contributed by atoms with Crippen LogP contribution in [-0.4, -0.2) is 27.1 Å². The number of hydrogen-bond donors (Lipinski definition) is 1. The van der Waals surface area contributed by atoms with Crippen molar-refractivity contribution >= 4 is 5.91 Å². The minimum Gasteiger partial charge on any atom is -0.368 e. The molecule has 2 N–H and O–H groups in total. The molecule has 1 aliphatic heterocycles. The number of amides is 1. The highest BCUT2D eigenvalue weighted by molar-refractivity contribution is 5.81. The van der Waals surface area contributed by atoms with Gasteiger partial charge in [0.1, 0.15) is 6.04 Å². The van der Waals surface area contributed by atoms with E-state index in [9.17, 15) is 4.79 Å². The summed E-state index contributed by atoms with van der Waals surface area (Å²) in [5.41, 5.74) is 10.2. The van der Waals surface area contributed by atoms with Crippen LogP contribution in [0.15, 0.2) is 30.3 Å². The summed E-state index contributed by atoms with van der Waals surface area (Å²) in [4.78, 5) is 14.4. The number of nitrogens with two attached hydrogens (primary N) is 1. The zero-order valence-electron chi connectivity index (χ0n) is 14.0. The molecule has 1 amide bonds. The molecule has 0 aliphatic carbocycles. The molecule has 0 unspecified atom stereocenters. The highest BCUT2D eigenvalue weighted by atomic mass is 16.1. The lowest BCUT2D eigenvalue weighted by atomic mass is 9.98. The van der Waals surface area contributed by atoms with Gasteiger partial charge in [0.25, 0.3) is 0 Å². The summed E-state index contributed by atoms with van der Waals surface area (Å²) in [7, 11) is 1.97. The van der Waals surface area contributed by atoms with Crippen molar-refractivity contribution in [2.45, 2.75) is 38.8 Å². The van der Waals surface area contributed by atoms with Crippen LogP contribution in [0.5, 0.6) is 0 Å². The van der Waals surface area contributed by atoms with E-state index in [0.717, 1.165) is 36.3 Å². The summed E-state index contributed by atoms with van der Waals surface area (Å²) in [6, 6.07) is 9.64. The van der Waals surface area contributed by atoms with Crippen LogP contribution in [0.4, 0.5) is 0 Å². The molecule has 0 radical (unpaired) electrons. The molecule has 23 heavy (non-hydrogen) atoms. The highest BCUT2D eigenvalue weighted by Gasteiger charge is 2.37. The zero-order valence-corrected chi connectivity index (χ0v) is 14.0. The first kappa shape index (κ1) is 15.7. The van der Waals surface area contributed by atoms with E-state index in [-0.39, 0.29) is 18.0 Å². The third-order valence-electron chi connectivity index (χ3n) is 4.91. The van der Waals surface area contributed by atoms with E-state index in [1.54, 1.807) is 0 Å². The van der Waals surface area contributed by atoms with Gasteiger partial charge in [-0.1, -0.05) is 30.3 Å². The first-order valence-corrected chi connectivity index (χ1v) is 8.10. The van der Waals surface area contributed by atoms with E-state index in [1.165, 1.54) is 5.56 Å². The van der Waals surface area contributed by atoms with E-state index in [4.69, 9.17) is 5.73 Å². The van der Waals surface area contributed by atoms with Crippen molar-refractivity contribution in [1.82, 2.24) is 14.7 Å². The number of carbonyl (C=O) groups is 1. The van der Waals surface area contributed by atoms with Crippen LogP contribution in [-0.2, 0) is 11.8 Å². The summed E-state index contributed by atoms with van der Waals surface area (Å²) in [6.45, 7) is 5.01. The van der Waals surface area contributed by atoms with Crippen LogP contribution >= 0.6 is 0 Å². The molecule has 0 spiro atoms. The molecule has 1 aliphatic rings. The fourth-order valence-electron chi connectivity index (χ4n) is 3.83. The maximum atomic E-state index is 12.2. The molecular weight excluding hydrogens is 288 g/mol. The maximum Gasteiger partial charge on any atom is 0.239 e. The van der Waals surface area contributed by atoms with Crippen LogP contribution < -0.4 is 5.73 Å². The normalized spacial score (nSPS) is 19.9. The lowest BCUT2D eigenvalue weighted by molar-refractivity contribution is -0.123. The third kappa shape index (κ3) is 2.77. The van der Waals surface area contributed by atoms with Gasteiger partial charge in [-0.05, 0) is 38.8 Å². The Morgan fingerprint density at radius 2 is 2.00 bits per heavy atom. The molecule has 2 atom stereocenters. The molecule has 1 aromatic heterocycles. The Kier molecular flexibility index (Phi) is 4.22. The number of primary amides is 1. The van der Waals surface area contributed by atoms with Crippen LogP contribution in [0.1, 0.15) is 47.4 Å². The quantitative estimate of drug-likeness (QED) is 0.943. The van der Waals surface area contributed by atoms with Gasteiger partial charge in [0.05, 0.1) is 5.69 Å². The first-order valence-electron chi connectivity index (χ1n) is 8.10. The predicted molar refractivity (Wildman–Crippen MR) is 89.7 cm³/mol. The average Bonchev–Trinajstić information content (AvgIpc) is 3.06. The Morgan fingerprint density at radius 3 is 2.57 bits per heavy atom. The van der Waals surface area contributed by atoms with E-state index in [0.29, 0.717) is 0 Å². The lowest BCUT2D eigenvalue weighted by Gasteiger charge is -2.31. The second-order valence-electron chi connectivity index (χ2n) is 6.32. The van der Waals surface area contributed by atoms with E-state index < -0.39 is 0 Å². The Bertz CT molecular complexity index is 707. The fourth-order valence-corrected chi connectivity index (χ4v) is 3.83. The largest absolute Gasteiger partial charge is 0.368 e. The topological polar surface area (TPSA) is 64.2 Å². The van der Waals surface area contributed by atoms with Gasteiger partial charge >= 0.3 is 0 Å². The first-order chi connectivity index (χ1) is 11.0. The molecule has 3 rings (SSSR count). The van der Waals surface area contributed by atoms with Gasteiger partial charge in [-0.25, -0.2) is 0 Å². The smallest absolute Gasteiger partial charge is 0.239 e. The number of nitrogens with zero attached hydrogens (tertiary/aromatic N) is 3. The predicted octanol–water partition coefficient (Wildman–Crippen LogP) is 2.40. The Balaban J connectivity index is 2.01. The molecule has 1 saturated heterocycles. The molecule has 5 heteroatoms. The molecular formula is C18H24N4O. The number of likely N-dealkylation sites (tertiary alicyclic amines) is 1. The van der Waals surface area contributed by atoms with E-state index >= 15 is 0 Å². The number of carbonyl (C=O) groups excluding carboxylic acids is 1. The Morgan fingerprint density at radius 1 is 1.30 bits per heavy atom. The number of aryl methyl sites for hydroxylation is 2. The molecule has 1 aromatic carbocycles. The van der Waals surface area contributed by atoms with Gasteiger partial charge in [-0.2, -0.15) is 5.10 Å². The summed E-state index contributed by atoms with van der Waals surface area (Å²) in [6.07, 6.45) is 2.10. The summed E-state index contributed by atoms with van der Waals surface area (Å²) in [5, 5.41) is 4.54. The van der Waals surface area contributed by atoms with Crippen LogP contribution in [0.25, 0.3) is 0 Å². The molecule has 0 saturated carbocycles. The van der Waals surface area contributed by atoms with Gasteiger partial charge < -0.3 is 5.73 Å². The SMILES string of the molecule is Cc1nn(C)c(C)c1[C@@H]1CCCN1[C@@H](C(N)=O)c1ccccc1. The molecule has 5 nitrogen and oxygen atoms in total. The fraction of sp³-hybridized carbons (Fsp3) is 0.444. The Hall–Kier alpha value is -2.14. The summed E-state index contributed by atoms with van der Waals surface area (Å²) in [5.74, 6) is -0.290. The molecule has 122 valence electrons. The van der Waals surface area contributed by atoms with Crippen molar-refractivity contribution in [2.24, 2.45) is 12.8 Å². The van der Waals surface area contributed by atoms with Crippen LogP contribution in [0.2, 0.25) is 0 Å². The number of rotatable bonds is 4. The van der Waals surface area contributed by atoms with Gasteiger partial charge in [-0.15, -0.1) is 0 Å². The average molecular weight is 312 g/mol. The second kappa shape index (κ2) is 6.16. The third-order valence-corrected chi connectivity index (χ3v) is 4.91. The number of hydrogen-bond acceptors (Lipinski definition) is 3. The van der Waals surface area contributed by atoms with Crippen molar-refractivity contribution in [3.63, 3.8) is 0 Å². The van der Waals surface area contributed by atoms with Crippen molar-refractivity contribution in [3.05, 3.63) is 52.8 Å². The second-order valence-corrected chi connectivity index (χ2v) is 6.32. The molecule has 2 aromatic rings. The van der Waals surface area contributed by atoms with Crippen molar-refractivity contribution in [1.29, 1.82) is 0 Å². The minimum atomic E-state index is -0.386. The van der Waals surface area contributed by atoms with Gasteiger partial charge in [0, 0.05) is 24.3 Å². The zero-order chi connectivity index (χ0) is 16.6. The lowest BCUT2D eigenvalue weighted by Crippen LogP contribution is -2.37. The van der Waals surface area contributed by atoms with Gasteiger partial charge in [0.15, 0.2) is 0 Å². The maximum absolute atomic E-state index is 12.2.